The molecular formula is C24H30. The third-order valence-electron chi connectivity index (χ3n) is 9.37. The van der Waals surface area contributed by atoms with E-state index in [1.54, 1.807) is 0 Å². The number of benzene rings is 1. The van der Waals surface area contributed by atoms with Crippen LogP contribution in [-0.4, -0.2) is 0 Å². The lowest BCUT2D eigenvalue weighted by Gasteiger charge is -2.53. The standard InChI is InChI=1S/C24H30/c1-2-14-5-6-16-9-11-18-12-10-17-8-7-15-4-3-13(1)19-20(14)22(16)24(18)23(17)21(15)19/h13-18H,1-12H2. The Hall–Kier alpha value is -0.780. The lowest BCUT2D eigenvalue weighted by Crippen LogP contribution is -2.36. The van der Waals surface area contributed by atoms with Crippen LogP contribution in [0.15, 0.2) is 0 Å². The van der Waals surface area contributed by atoms with E-state index in [1.807, 2.05) is 33.4 Å². The Bertz CT molecular complexity index is 534. The van der Waals surface area contributed by atoms with E-state index in [2.05, 4.69) is 0 Å². The molecule has 0 aliphatic heterocycles. The van der Waals surface area contributed by atoms with E-state index in [4.69, 9.17) is 0 Å². The quantitative estimate of drug-likeness (QED) is 0.485. The Morgan fingerprint density at radius 2 is 0.375 bits per heavy atom. The molecule has 0 saturated heterocycles. The molecular weight excluding hydrogens is 288 g/mol. The van der Waals surface area contributed by atoms with Crippen LogP contribution in [0.2, 0.25) is 0 Å². The van der Waals surface area contributed by atoms with E-state index in [0.717, 1.165) is 35.5 Å². The fourth-order valence-corrected chi connectivity index (χ4v) is 8.52. The van der Waals surface area contributed by atoms with Crippen LogP contribution in [0.25, 0.3) is 0 Å². The van der Waals surface area contributed by atoms with Gasteiger partial charge in [-0.1, -0.05) is 0 Å². The van der Waals surface area contributed by atoms with Gasteiger partial charge in [-0.05, 0) is 146 Å². The highest BCUT2D eigenvalue weighted by molar-refractivity contribution is 5.63. The molecule has 0 radical (unpaired) electrons. The molecule has 6 aliphatic carbocycles. The van der Waals surface area contributed by atoms with Crippen LogP contribution in [0.4, 0.5) is 0 Å². The third kappa shape index (κ3) is 1.45. The molecule has 0 amide bonds. The van der Waals surface area contributed by atoms with Crippen molar-refractivity contribution in [2.75, 3.05) is 0 Å². The molecule has 0 bridgehead atoms. The minimum Gasteiger partial charge on any atom is -0.0458 e. The molecule has 0 spiro atoms. The molecule has 1 aromatic rings. The second-order valence-corrected chi connectivity index (χ2v) is 10.1. The zero-order chi connectivity index (χ0) is 15.4. The van der Waals surface area contributed by atoms with Gasteiger partial charge in [0.2, 0.25) is 0 Å². The molecule has 6 aliphatic rings. The lowest BCUT2D eigenvalue weighted by molar-refractivity contribution is 0.296. The smallest absolute Gasteiger partial charge is 0.0156 e. The number of rotatable bonds is 0. The maximum Gasteiger partial charge on any atom is -0.0156 e. The van der Waals surface area contributed by atoms with Crippen LogP contribution in [0.3, 0.4) is 0 Å². The van der Waals surface area contributed by atoms with Gasteiger partial charge in [0, 0.05) is 0 Å². The Morgan fingerprint density at radius 1 is 0.250 bits per heavy atom. The van der Waals surface area contributed by atoms with Gasteiger partial charge in [0.1, 0.15) is 0 Å². The van der Waals surface area contributed by atoms with Crippen molar-refractivity contribution in [1.82, 2.24) is 0 Å². The minimum atomic E-state index is 0.962. The summed E-state index contributed by atoms with van der Waals surface area (Å²) in [5.41, 5.74) is 12.0. The largest absolute Gasteiger partial charge is 0.0458 e. The molecule has 0 atom stereocenters. The molecule has 0 aromatic heterocycles. The molecule has 0 unspecified atom stereocenters. The van der Waals surface area contributed by atoms with Crippen LogP contribution in [-0.2, 0) is 0 Å². The summed E-state index contributed by atoms with van der Waals surface area (Å²) in [6, 6.07) is 0. The summed E-state index contributed by atoms with van der Waals surface area (Å²) in [4.78, 5) is 0. The highest BCUT2D eigenvalue weighted by Crippen LogP contribution is 2.65. The van der Waals surface area contributed by atoms with Crippen molar-refractivity contribution in [1.29, 1.82) is 0 Å². The highest BCUT2D eigenvalue weighted by atomic mass is 14.5. The van der Waals surface area contributed by atoms with E-state index in [-0.39, 0.29) is 0 Å². The van der Waals surface area contributed by atoms with Crippen molar-refractivity contribution in [2.24, 2.45) is 0 Å². The molecule has 24 heavy (non-hydrogen) atoms. The first kappa shape index (κ1) is 13.4. The summed E-state index contributed by atoms with van der Waals surface area (Å²) < 4.78 is 0. The van der Waals surface area contributed by atoms with Gasteiger partial charge in [0.05, 0.1) is 0 Å². The highest BCUT2D eigenvalue weighted by Gasteiger charge is 2.48. The van der Waals surface area contributed by atoms with Crippen molar-refractivity contribution in [3.63, 3.8) is 0 Å². The van der Waals surface area contributed by atoms with Gasteiger partial charge in [-0.25, -0.2) is 0 Å². The average molecular weight is 319 g/mol. The maximum absolute atomic E-state index is 1.99. The van der Waals surface area contributed by atoms with Gasteiger partial charge in [0.15, 0.2) is 0 Å². The van der Waals surface area contributed by atoms with E-state index >= 15 is 0 Å². The van der Waals surface area contributed by atoms with Crippen molar-refractivity contribution in [2.45, 2.75) is 113 Å². The van der Waals surface area contributed by atoms with Crippen LogP contribution < -0.4 is 0 Å². The fraction of sp³-hybridized carbons (Fsp3) is 0.750. The number of hydrogen-bond donors (Lipinski definition) is 0. The maximum atomic E-state index is 1.99. The molecule has 0 saturated carbocycles. The summed E-state index contributed by atoms with van der Waals surface area (Å²) in [5.74, 6) is 5.77. The second kappa shape index (κ2) is 4.49. The molecule has 126 valence electrons. The fourth-order valence-electron chi connectivity index (χ4n) is 8.52. The molecule has 7 rings (SSSR count). The predicted molar refractivity (Wildman–Crippen MR) is 98.3 cm³/mol. The lowest BCUT2D eigenvalue weighted by atomic mass is 9.52. The topological polar surface area (TPSA) is 0 Å². The van der Waals surface area contributed by atoms with Crippen LogP contribution in [0.5, 0.6) is 0 Å². The first-order valence-corrected chi connectivity index (χ1v) is 11.1. The monoisotopic (exact) mass is 318 g/mol. The second-order valence-electron chi connectivity index (χ2n) is 10.1. The van der Waals surface area contributed by atoms with Gasteiger partial charge in [-0.2, -0.15) is 0 Å². The van der Waals surface area contributed by atoms with Gasteiger partial charge in [0.25, 0.3) is 0 Å². The Kier molecular flexibility index (Phi) is 2.51. The molecule has 1 aromatic carbocycles. The van der Waals surface area contributed by atoms with E-state index in [9.17, 15) is 0 Å². The first-order valence-electron chi connectivity index (χ1n) is 11.1. The van der Waals surface area contributed by atoms with Crippen molar-refractivity contribution < 1.29 is 0 Å². The zero-order valence-corrected chi connectivity index (χ0v) is 14.9. The molecule has 0 nitrogen and oxygen atoms in total. The minimum absolute atomic E-state index is 0.962. The van der Waals surface area contributed by atoms with Crippen molar-refractivity contribution in [3.8, 4) is 0 Å². The van der Waals surface area contributed by atoms with Crippen LogP contribution >= 0.6 is 0 Å². The molecule has 0 heterocycles. The summed E-state index contributed by atoms with van der Waals surface area (Å²) in [5, 5.41) is 0. The Labute approximate surface area is 146 Å². The van der Waals surface area contributed by atoms with Gasteiger partial charge in [-0.3, -0.25) is 0 Å². The summed E-state index contributed by atoms with van der Waals surface area (Å²) >= 11 is 0. The van der Waals surface area contributed by atoms with Crippen molar-refractivity contribution in [3.05, 3.63) is 33.4 Å². The first-order chi connectivity index (χ1) is 11.9. The Balaban J connectivity index is 1.65. The summed E-state index contributed by atoms with van der Waals surface area (Å²) in [7, 11) is 0. The van der Waals surface area contributed by atoms with Crippen LogP contribution in [0, 0.1) is 0 Å². The summed E-state index contributed by atoms with van der Waals surface area (Å²) in [6.07, 6.45) is 18.3. The van der Waals surface area contributed by atoms with Crippen LogP contribution in [0.1, 0.15) is 146 Å². The zero-order valence-electron chi connectivity index (χ0n) is 14.9. The third-order valence-corrected chi connectivity index (χ3v) is 9.37. The molecule has 0 heteroatoms. The van der Waals surface area contributed by atoms with E-state index in [1.165, 1.54) is 77.0 Å². The van der Waals surface area contributed by atoms with Gasteiger partial charge >= 0.3 is 0 Å². The molecule has 0 N–H and O–H groups in total. The van der Waals surface area contributed by atoms with Gasteiger partial charge < -0.3 is 0 Å². The summed E-state index contributed by atoms with van der Waals surface area (Å²) in [6.45, 7) is 0. The SMILES string of the molecule is C1CC2CCC3CCC4CCC5CCC6CCC1c1c2c3c4c5c16. The normalized spacial score (nSPS) is 43.5. The van der Waals surface area contributed by atoms with E-state index < -0.39 is 0 Å². The average Bonchev–Trinajstić information content (AvgIpc) is 2.65. The number of hydrogen-bond acceptors (Lipinski definition) is 0. The Morgan fingerprint density at radius 3 is 0.500 bits per heavy atom. The predicted octanol–water partition coefficient (Wildman–Crippen LogP) is 6.95. The van der Waals surface area contributed by atoms with Crippen molar-refractivity contribution >= 4 is 0 Å². The van der Waals surface area contributed by atoms with Gasteiger partial charge in [-0.15, -0.1) is 0 Å². The van der Waals surface area contributed by atoms with E-state index in [0.29, 0.717) is 0 Å². The molecule has 0 fully saturated rings.